The second-order valence-electron chi connectivity index (χ2n) is 2.71. The van der Waals surface area contributed by atoms with E-state index in [-0.39, 0.29) is 0 Å². The minimum absolute atomic E-state index is 0.899. The van der Waals surface area contributed by atoms with Crippen LogP contribution in [0.5, 0.6) is 0 Å². The van der Waals surface area contributed by atoms with E-state index in [9.17, 15) is 21.6 Å². The van der Waals surface area contributed by atoms with Gasteiger partial charge in [0.05, 0.1) is 0 Å². The van der Waals surface area contributed by atoms with Crippen molar-refractivity contribution in [1.29, 1.82) is 0 Å². The minimum Gasteiger partial charge on any atom is -0.323 e. The molecule has 0 N–H and O–H groups in total. The molecule has 0 aliphatic carbocycles. The first-order valence-corrected chi connectivity index (χ1v) is 4.15. The predicted octanol–water partition coefficient (Wildman–Crippen LogP) is 1.53. The quantitative estimate of drug-likeness (QED) is 0.586. The van der Waals surface area contributed by atoms with E-state index in [1.54, 1.807) is 0 Å². The van der Waals surface area contributed by atoms with Gasteiger partial charge in [0.2, 0.25) is 9.84 Å². The summed E-state index contributed by atoms with van der Waals surface area (Å²) < 4.78 is 54.1. The van der Waals surface area contributed by atoms with E-state index in [1.165, 1.54) is 0 Å². The van der Waals surface area contributed by atoms with E-state index in [1.807, 2.05) is 0 Å². The molecule has 0 saturated carbocycles. The Morgan fingerprint density at radius 3 is 1.45 bits per heavy atom. The predicted molar refractivity (Wildman–Crippen MR) is 34.4 cm³/mol. The standard InChI is InChI=1S/C5H8F3O2S/c1-4(2,3)11(9,10)5(6,7)8/h1H2,2-3H3/q-1. The molecule has 6 heteroatoms. The zero-order chi connectivity index (χ0) is 9.50. The Morgan fingerprint density at radius 1 is 1.18 bits per heavy atom. The van der Waals surface area contributed by atoms with Crippen molar-refractivity contribution in [2.24, 2.45) is 0 Å². The van der Waals surface area contributed by atoms with Crippen LogP contribution in [0.1, 0.15) is 13.8 Å². The van der Waals surface area contributed by atoms with Crippen molar-refractivity contribution in [3.8, 4) is 0 Å². The van der Waals surface area contributed by atoms with E-state index < -0.39 is 20.1 Å². The first-order valence-electron chi connectivity index (χ1n) is 2.66. The third-order valence-electron chi connectivity index (χ3n) is 1.03. The molecule has 0 rings (SSSR count). The molecule has 0 heterocycles. The van der Waals surface area contributed by atoms with E-state index in [0.717, 1.165) is 13.8 Å². The van der Waals surface area contributed by atoms with Crippen LogP contribution in [0.3, 0.4) is 0 Å². The average Bonchev–Trinajstić information content (AvgIpc) is 1.58. The normalized spacial score (nSPS) is 15.1. The lowest BCUT2D eigenvalue weighted by molar-refractivity contribution is -0.0450. The lowest BCUT2D eigenvalue weighted by Crippen LogP contribution is -2.39. The van der Waals surface area contributed by atoms with Crippen LogP contribution in [0.15, 0.2) is 0 Å². The van der Waals surface area contributed by atoms with Gasteiger partial charge in [0.15, 0.2) is 0 Å². The molecule has 0 radical (unpaired) electrons. The summed E-state index contributed by atoms with van der Waals surface area (Å²) >= 11 is 0. The van der Waals surface area contributed by atoms with Crippen LogP contribution in [0.2, 0.25) is 0 Å². The maximum Gasteiger partial charge on any atom is 0.495 e. The summed E-state index contributed by atoms with van der Waals surface area (Å²) in [5.74, 6) is 0. The van der Waals surface area contributed by atoms with Crippen LogP contribution < -0.4 is 0 Å². The van der Waals surface area contributed by atoms with Gasteiger partial charge in [-0.1, -0.05) is 13.8 Å². The SMILES string of the molecule is [CH2-]C(C)(C)S(=O)(=O)C(F)(F)F. The topological polar surface area (TPSA) is 34.1 Å². The highest BCUT2D eigenvalue weighted by atomic mass is 32.2. The Labute approximate surface area is 63.3 Å². The molecule has 0 atom stereocenters. The third kappa shape index (κ3) is 1.85. The molecule has 0 aromatic rings. The zero-order valence-electron chi connectivity index (χ0n) is 6.07. The number of rotatable bonds is 1. The van der Waals surface area contributed by atoms with E-state index in [4.69, 9.17) is 0 Å². The highest BCUT2D eigenvalue weighted by Gasteiger charge is 2.49. The van der Waals surface area contributed by atoms with E-state index in [2.05, 4.69) is 6.92 Å². The second kappa shape index (κ2) is 2.36. The van der Waals surface area contributed by atoms with Crippen molar-refractivity contribution in [3.63, 3.8) is 0 Å². The number of hydrogen-bond donors (Lipinski definition) is 0. The fraction of sp³-hybridized carbons (Fsp3) is 0.800. The summed E-state index contributed by atoms with van der Waals surface area (Å²) in [4.78, 5) is 0. The molecule has 0 spiro atoms. The van der Waals surface area contributed by atoms with Gasteiger partial charge in [-0.2, -0.15) is 13.2 Å². The molecule has 0 unspecified atom stereocenters. The molecule has 0 aliphatic heterocycles. The van der Waals surface area contributed by atoms with Gasteiger partial charge in [-0.15, -0.1) is 0 Å². The minimum atomic E-state index is -5.21. The first kappa shape index (κ1) is 10.7. The monoisotopic (exact) mass is 189 g/mol. The molecule has 0 aliphatic rings. The number of alkyl halides is 3. The molecular weight excluding hydrogens is 181 g/mol. The lowest BCUT2D eigenvalue weighted by Gasteiger charge is -2.27. The van der Waals surface area contributed by atoms with Crippen LogP contribution in [-0.2, 0) is 9.84 Å². The van der Waals surface area contributed by atoms with E-state index in [0.29, 0.717) is 0 Å². The molecule has 0 bridgehead atoms. The summed E-state index contributed by atoms with van der Waals surface area (Å²) in [5, 5.41) is 0. The summed E-state index contributed by atoms with van der Waals surface area (Å²) in [7, 11) is -5.12. The van der Waals surface area contributed by atoms with Crippen molar-refractivity contribution in [1.82, 2.24) is 0 Å². The maximum atomic E-state index is 11.7. The average molecular weight is 189 g/mol. The first-order chi connectivity index (χ1) is 4.50. The molecule has 2 nitrogen and oxygen atoms in total. The molecule has 0 saturated heterocycles. The maximum absolute atomic E-state index is 11.7. The van der Waals surface area contributed by atoms with Crippen LogP contribution >= 0.6 is 0 Å². The largest absolute Gasteiger partial charge is 0.495 e. The molecule has 0 amide bonds. The lowest BCUT2D eigenvalue weighted by atomic mass is 10.3. The molecule has 68 valence electrons. The summed E-state index contributed by atoms with van der Waals surface area (Å²) in [6.07, 6.45) is 0. The van der Waals surface area contributed by atoms with Gasteiger partial charge in [0.1, 0.15) is 0 Å². The van der Waals surface area contributed by atoms with Gasteiger partial charge in [0, 0.05) is 0 Å². The fourth-order valence-electron chi connectivity index (χ4n) is 0.313. The molecule has 0 fully saturated rings. The van der Waals surface area contributed by atoms with Gasteiger partial charge in [0.25, 0.3) is 0 Å². The number of hydrogen-bond acceptors (Lipinski definition) is 2. The van der Waals surface area contributed by atoms with Gasteiger partial charge >= 0.3 is 5.51 Å². The van der Waals surface area contributed by atoms with Crippen LogP contribution in [0.4, 0.5) is 13.2 Å². The smallest absolute Gasteiger partial charge is 0.323 e. The van der Waals surface area contributed by atoms with Crippen molar-refractivity contribution in [2.75, 3.05) is 0 Å². The Hall–Kier alpha value is -0.260. The van der Waals surface area contributed by atoms with Crippen LogP contribution in [-0.4, -0.2) is 18.7 Å². The number of sulfone groups is 1. The summed E-state index contributed by atoms with van der Waals surface area (Å²) in [6, 6.07) is 0. The van der Waals surface area contributed by atoms with Crippen molar-refractivity contribution in [3.05, 3.63) is 6.92 Å². The van der Waals surface area contributed by atoms with Crippen molar-refractivity contribution < 1.29 is 21.6 Å². The fourth-order valence-corrected chi connectivity index (χ4v) is 0.940. The Morgan fingerprint density at radius 2 is 1.45 bits per heavy atom. The second-order valence-corrected chi connectivity index (χ2v) is 5.28. The molecule has 0 aromatic heterocycles. The van der Waals surface area contributed by atoms with Gasteiger partial charge in [-0.3, -0.25) is 0 Å². The van der Waals surface area contributed by atoms with Gasteiger partial charge in [-0.25, -0.2) is 8.42 Å². The summed E-state index contributed by atoms with van der Waals surface area (Å²) in [5.41, 5.74) is -5.21. The van der Waals surface area contributed by atoms with Crippen molar-refractivity contribution >= 4 is 9.84 Å². The third-order valence-corrected chi connectivity index (χ3v) is 3.10. The van der Waals surface area contributed by atoms with Gasteiger partial charge < -0.3 is 6.92 Å². The molecule has 0 aromatic carbocycles. The number of halogens is 3. The summed E-state index contributed by atoms with van der Waals surface area (Å²) in [6.45, 7) is 4.70. The Kier molecular flexibility index (Phi) is 2.31. The Bertz CT molecular complexity index is 211. The van der Waals surface area contributed by atoms with Crippen LogP contribution in [0.25, 0.3) is 0 Å². The molecule has 11 heavy (non-hydrogen) atoms. The van der Waals surface area contributed by atoms with Gasteiger partial charge in [-0.05, 0) is 4.75 Å². The molecular formula is C5H8F3O2S-. The highest BCUT2D eigenvalue weighted by molar-refractivity contribution is 7.93. The van der Waals surface area contributed by atoms with Crippen molar-refractivity contribution in [2.45, 2.75) is 24.1 Å². The highest BCUT2D eigenvalue weighted by Crippen LogP contribution is 2.32. The van der Waals surface area contributed by atoms with Crippen LogP contribution in [0, 0.1) is 6.92 Å². The zero-order valence-corrected chi connectivity index (χ0v) is 6.88. The van der Waals surface area contributed by atoms with E-state index >= 15 is 0 Å². The Balaban J connectivity index is 5.11.